The number of hydrogen-bond donors (Lipinski definition) is 3. The molecule has 28 heavy (non-hydrogen) atoms. The molecule has 0 fully saturated rings. The number of benzene rings is 2. The van der Waals surface area contributed by atoms with E-state index in [4.69, 9.17) is 5.14 Å². The third-order valence-corrected chi connectivity index (χ3v) is 5.19. The molecule has 2 amide bonds. The summed E-state index contributed by atoms with van der Waals surface area (Å²) >= 11 is 0. The van der Waals surface area contributed by atoms with Gasteiger partial charge in [-0.05, 0) is 54.4 Å². The number of amides is 2. The lowest BCUT2D eigenvalue weighted by atomic mass is 10.2. The van der Waals surface area contributed by atoms with Crippen molar-refractivity contribution in [2.45, 2.75) is 11.3 Å². The topological polar surface area (TPSA) is 122 Å². The van der Waals surface area contributed by atoms with Gasteiger partial charge in [-0.1, -0.05) is 0 Å². The van der Waals surface area contributed by atoms with Crippen LogP contribution in [0.2, 0.25) is 0 Å². The predicted octanol–water partition coefficient (Wildman–Crippen LogP) is 0.591. The van der Waals surface area contributed by atoms with Gasteiger partial charge in [0.1, 0.15) is 5.82 Å². The summed E-state index contributed by atoms with van der Waals surface area (Å²) in [6.45, 7) is 0.366. The Morgan fingerprint density at radius 1 is 1.11 bits per heavy atom. The van der Waals surface area contributed by atoms with Crippen molar-refractivity contribution in [3.63, 3.8) is 0 Å². The van der Waals surface area contributed by atoms with Gasteiger partial charge in [-0.25, -0.2) is 17.9 Å². The number of sulfonamides is 1. The summed E-state index contributed by atoms with van der Waals surface area (Å²) in [6, 6.07) is 9.83. The zero-order valence-corrected chi connectivity index (χ0v) is 15.6. The van der Waals surface area contributed by atoms with E-state index in [1.165, 1.54) is 36.4 Å². The van der Waals surface area contributed by atoms with Crippen LogP contribution in [-0.2, 0) is 26.0 Å². The number of anilines is 2. The van der Waals surface area contributed by atoms with Crippen LogP contribution in [0.1, 0.15) is 5.56 Å². The lowest BCUT2D eigenvalue weighted by molar-refractivity contribution is -0.123. The molecule has 8 nitrogen and oxygen atoms in total. The first kappa shape index (κ1) is 19.8. The molecule has 10 heteroatoms. The molecule has 0 aromatic heterocycles. The average molecular weight is 406 g/mol. The van der Waals surface area contributed by atoms with Gasteiger partial charge in [-0.3, -0.25) is 9.59 Å². The molecule has 0 aliphatic carbocycles. The number of carbonyl (C=O) groups excluding carboxylic acids is 2. The summed E-state index contributed by atoms with van der Waals surface area (Å²) in [6.07, 6.45) is 0.594. The summed E-state index contributed by atoms with van der Waals surface area (Å²) in [5.41, 5.74) is 1.99. The molecule has 1 aliphatic heterocycles. The Bertz CT molecular complexity index is 1010. The Kier molecular flexibility index (Phi) is 5.61. The van der Waals surface area contributed by atoms with Crippen LogP contribution < -0.4 is 20.7 Å². The van der Waals surface area contributed by atoms with E-state index in [0.717, 1.165) is 11.3 Å². The highest BCUT2D eigenvalue weighted by molar-refractivity contribution is 7.89. The zero-order chi connectivity index (χ0) is 20.3. The molecule has 0 bridgehead atoms. The van der Waals surface area contributed by atoms with Gasteiger partial charge in [0.05, 0.1) is 18.0 Å². The second kappa shape index (κ2) is 7.95. The van der Waals surface area contributed by atoms with Gasteiger partial charge in [0.2, 0.25) is 21.8 Å². The number of nitrogens with zero attached hydrogens (tertiary/aromatic N) is 1. The molecule has 1 heterocycles. The highest BCUT2D eigenvalue weighted by Crippen LogP contribution is 2.29. The second-order valence-electron chi connectivity index (χ2n) is 6.34. The molecule has 2 aromatic carbocycles. The number of hydrogen-bond acceptors (Lipinski definition) is 5. The van der Waals surface area contributed by atoms with Gasteiger partial charge in [0, 0.05) is 17.9 Å². The Balaban J connectivity index is 1.52. The maximum absolute atomic E-state index is 12.8. The van der Waals surface area contributed by atoms with Crippen molar-refractivity contribution in [2.75, 3.05) is 29.9 Å². The molecule has 0 atom stereocenters. The van der Waals surface area contributed by atoms with E-state index < -0.39 is 21.7 Å². The first-order chi connectivity index (χ1) is 13.2. The number of rotatable bonds is 6. The smallest absolute Gasteiger partial charge is 0.243 e. The third-order valence-electron chi connectivity index (χ3n) is 4.28. The quantitative estimate of drug-likeness (QED) is 0.648. The third kappa shape index (κ3) is 4.84. The number of primary sulfonamides is 1. The number of halogens is 1. The molecule has 0 saturated carbocycles. The minimum atomic E-state index is -3.77. The molecule has 0 radical (unpaired) electrons. The standard InChI is InChI=1S/C18H19FN4O4S/c19-13-1-3-14(4-2-13)22-17(24)10-21-18(25)11-23-8-7-12-9-15(28(20,26)27)5-6-16(12)23/h1-6,9H,7-8,10-11H2,(H,21,25)(H,22,24)(H2,20,26,27). The van der Waals surface area contributed by atoms with Crippen LogP contribution in [0.15, 0.2) is 47.4 Å². The van der Waals surface area contributed by atoms with Gasteiger partial charge < -0.3 is 15.5 Å². The number of nitrogens with two attached hydrogens (primary N) is 1. The molecule has 0 unspecified atom stereocenters. The number of carbonyl (C=O) groups is 2. The largest absolute Gasteiger partial charge is 0.362 e. The van der Waals surface area contributed by atoms with Gasteiger partial charge in [0.25, 0.3) is 0 Å². The van der Waals surface area contributed by atoms with Gasteiger partial charge in [-0.2, -0.15) is 0 Å². The molecule has 1 aliphatic rings. The van der Waals surface area contributed by atoms with Crippen LogP contribution in [0.5, 0.6) is 0 Å². The lowest BCUT2D eigenvalue weighted by Gasteiger charge is -2.19. The van der Waals surface area contributed by atoms with Crippen molar-refractivity contribution in [2.24, 2.45) is 5.14 Å². The van der Waals surface area contributed by atoms with Gasteiger partial charge in [0.15, 0.2) is 0 Å². The molecule has 3 rings (SSSR count). The van der Waals surface area contributed by atoms with E-state index >= 15 is 0 Å². The van der Waals surface area contributed by atoms with E-state index in [2.05, 4.69) is 10.6 Å². The van der Waals surface area contributed by atoms with E-state index in [-0.39, 0.29) is 23.9 Å². The van der Waals surface area contributed by atoms with E-state index in [1.54, 1.807) is 11.0 Å². The van der Waals surface area contributed by atoms with Crippen LogP contribution in [0.3, 0.4) is 0 Å². The fourth-order valence-electron chi connectivity index (χ4n) is 2.93. The van der Waals surface area contributed by atoms with Gasteiger partial charge >= 0.3 is 0 Å². The monoisotopic (exact) mass is 406 g/mol. The van der Waals surface area contributed by atoms with Crippen molar-refractivity contribution >= 4 is 33.2 Å². The molecule has 4 N–H and O–H groups in total. The lowest BCUT2D eigenvalue weighted by Crippen LogP contribution is -2.40. The highest BCUT2D eigenvalue weighted by Gasteiger charge is 2.23. The van der Waals surface area contributed by atoms with Crippen LogP contribution in [0.25, 0.3) is 0 Å². The Morgan fingerprint density at radius 3 is 2.50 bits per heavy atom. The first-order valence-electron chi connectivity index (χ1n) is 8.45. The van der Waals surface area contributed by atoms with Crippen LogP contribution in [0.4, 0.5) is 15.8 Å². The summed E-state index contributed by atoms with van der Waals surface area (Å²) < 4.78 is 35.7. The van der Waals surface area contributed by atoms with E-state index in [1.807, 2.05) is 0 Å². The summed E-state index contributed by atoms with van der Waals surface area (Å²) in [7, 11) is -3.77. The van der Waals surface area contributed by atoms with Crippen LogP contribution >= 0.6 is 0 Å². The maximum Gasteiger partial charge on any atom is 0.243 e. The Morgan fingerprint density at radius 2 is 1.82 bits per heavy atom. The summed E-state index contributed by atoms with van der Waals surface area (Å²) in [5.74, 6) is -1.19. The fraction of sp³-hybridized carbons (Fsp3) is 0.222. The van der Waals surface area contributed by atoms with Crippen molar-refractivity contribution in [1.29, 1.82) is 0 Å². The van der Waals surface area contributed by atoms with Crippen molar-refractivity contribution in [3.05, 3.63) is 53.8 Å². The zero-order valence-electron chi connectivity index (χ0n) is 14.8. The maximum atomic E-state index is 12.8. The van der Waals surface area contributed by atoms with E-state index in [0.29, 0.717) is 18.7 Å². The van der Waals surface area contributed by atoms with Crippen molar-refractivity contribution in [3.8, 4) is 0 Å². The average Bonchev–Trinajstić information content (AvgIpc) is 3.03. The Labute approximate surface area is 161 Å². The molecule has 148 valence electrons. The highest BCUT2D eigenvalue weighted by atomic mass is 32.2. The van der Waals surface area contributed by atoms with Crippen LogP contribution in [-0.4, -0.2) is 39.9 Å². The minimum Gasteiger partial charge on any atom is -0.362 e. The molecular formula is C18H19FN4O4S. The molecule has 2 aromatic rings. The number of fused-ring (bicyclic) bond motifs is 1. The van der Waals surface area contributed by atoms with E-state index in [9.17, 15) is 22.4 Å². The minimum absolute atomic E-state index is 0.0333. The SMILES string of the molecule is NS(=O)(=O)c1ccc2c(c1)CCN2CC(=O)NCC(=O)Nc1ccc(F)cc1. The molecule has 0 saturated heterocycles. The normalized spacial score (nSPS) is 13.1. The molecular weight excluding hydrogens is 387 g/mol. The predicted molar refractivity (Wildman–Crippen MR) is 102 cm³/mol. The molecule has 0 spiro atoms. The number of nitrogens with one attached hydrogen (secondary N) is 2. The Hall–Kier alpha value is -2.98. The van der Waals surface area contributed by atoms with Gasteiger partial charge in [-0.15, -0.1) is 0 Å². The van der Waals surface area contributed by atoms with Crippen molar-refractivity contribution in [1.82, 2.24) is 5.32 Å². The summed E-state index contributed by atoms with van der Waals surface area (Å²) in [5, 5.41) is 10.2. The van der Waals surface area contributed by atoms with Crippen LogP contribution in [0, 0.1) is 5.82 Å². The summed E-state index contributed by atoms with van der Waals surface area (Å²) in [4.78, 5) is 25.8. The fourth-order valence-corrected chi connectivity index (χ4v) is 3.50. The van der Waals surface area contributed by atoms with Crippen molar-refractivity contribution < 1.29 is 22.4 Å². The second-order valence-corrected chi connectivity index (χ2v) is 7.90. The first-order valence-corrected chi connectivity index (χ1v) is 10.00.